The minimum atomic E-state index is 0. The SMILES string of the molecule is CC1Cc2ccccc2N1C(=O)C[NH+]1CCCCC1.[Cl-]. The molecule has 1 amide bonds. The molecule has 0 spiro atoms. The smallest absolute Gasteiger partial charge is 0.282 e. The average Bonchev–Trinajstić information content (AvgIpc) is 2.75. The van der Waals surface area contributed by atoms with E-state index in [1.165, 1.54) is 29.7 Å². The van der Waals surface area contributed by atoms with Gasteiger partial charge in [0, 0.05) is 11.7 Å². The fraction of sp³-hybridized carbons (Fsp3) is 0.562. The number of carbonyl (C=O) groups is 1. The van der Waals surface area contributed by atoms with Crippen LogP contribution in [0.5, 0.6) is 0 Å². The van der Waals surface area contributed by atoms with Crippen LogP contribution < -0.4 is 22.2 Å². The van der Waals surface area contributed by atoms with Crippen molar-refractivity contribution in [3.63, 3.8) is 0 Å². The molecule has 0 bridgehead atoms. The summed E-state index contributed by atoms with van der Waals surface area (Å²) in [6, 6.07) is 8.64. The Bertz CT molecular complexity index is 471. The van der Waals surface area contributed by atoms with Gasteiger partial charge in [-0.15, -0.1) is 0 Å². The third-order valence-electron chi connectivity index (χ3n) is 4.44. The van der Waals surface area contributed by atoms with E-state index in [0.717, 1.165) is 25.2 Å². The average molecular weight is 295 g/mol. The molecule has 1 atom stereocenters. The van der Waals surface area contributed by atoms with E-state index >= 15 is 0 Å². The van der Waals surface area contributed by atoms with Crippen LogP contribution in [0.1, 0.15) is 31.7 Å². The number of quaternary nitrogens is 1. The second-order valence-corrected chi connectivity index (χ2v) is 5.93. The number of rotatable bonds is 2. The van der Waals surface area contributed by atoms with E-state index in [4.69, 9.17) is 0 Å². The zero-order chi connectivity index (χ0) is 13.2. The normalized spacial score (nSPS) is 22.2. The maximum Gasteiger partial charge on any atom is 0.282 e. The number of para-hydroxylation sites is 1. The first-order valence-corrected chi connectivity index (χ1v) is 7.49. The summed E-state index contributed by atoms with van der Waals surface area (Å²) in [4.78, 5) is 16.1. The lowest BCUT2D eigenvalue weighted by Crippen LogP contribution is -3.14. The Balaban J connectivity index is 0.00000147. The minimum absolute atomic E-state index is 0. The maximum absolute atomic E-state index is 12.6. The molecule has 20 heavy (non-hydrogen) atoms. The number of carbonyl (C=O) groups excluding carboxylic acids is 1. The van der Waals surface area contributed by atoms with Crippen molar-refractivity contribution in [1.29, 1.82) is 0 Å². The number of hydrogen-bond donors (Lipinski definition) is 1. The molecule has 1 fully saturated rings. The maximum atomic E-state index is 12.6. The van der Waals surface area contributed by atoms with E-state index in [1.807, 2.05) is 11.0 Å². The van der Waals surface area contributed by atoms with Crippen molar-refractivity contribution in [2.24, 2.45) is 0 Å². The van der Waals surface area contributed by atoms with Crippen LogP contribution in [-0.4, -0.2) is 31.6 Å². The Kier molecular flexibility index (Phi) is 5.06. The molecule has 110 valence electrons. The molecule has 3 rings (SSSR count). The summed E-state index contributed by atoms with van der Waals surface area (Å²) in [5, 5.41) is 0. The number of nitrogens with zero attached hydrogens (tertiary/aromatic N) is 1. The molecule has 3 nitrogen and oxygen atoms in total. The third-order valence-corrected chi connectivity index (χ3v) is 4.44. The third kappa shape index (κ3) is 2.99. The van der Waals surface area contributed by atoms with Gasteiger partial charge in [0.2, 0.25) is 0 Å². The van der Waals surface area contributed by atoms with Gasteiger partial charge in [-0.05, 0) is 44.2 Å². The predicted molar refractivity (Wildman–Crippen MR) is 76.5 cm³/mol. The van der Waals surface area contributed by atoms with Crippen LogP contribution in [-0.2, 0) is 11.2 Å². The van der Waals surface area contributed by atoms with Crippen LogP contribution in [0.3, 0.4) is 0 Å². The Morgan fingerprint density at radius 3 is 2.70 bits per heavy atom. The molecular weight excluding hydrogens is 272 g/mol. The molecule has 4 heteroatoms. The molecule has 2 heterocycles. The molecule has 0 saturated carbocycles. The molecule has 0 radical (unpaired) electrons. The number of halogens is 1. The Morgan fingerprint density at radius 1 is 1.25 bits per heavy atom. The van der Waals surface area contributed by atoms with Gasteiger partial charge >= 0.3 is 0 Å². The summed E-state index contributed by atoms with van der Waals surface area (Å²) < 4.78 is 0. The monoisotopic (exact) mass is 294 g/mol. The molecule has 1 saturated heterocycles. The summed E-state index contributed by atoms with van der Waals surface area (Å²) in [6.07, 6.45) is 4.88. The summed E-state index contributed by atoms with van der Waals surface area (Å²) in [5.41, 5.74) is 2.45. The molecular formula is C16H23ClN2O. The molecule has 0 aromatic heterocycles. The first-order chi connectivity index (χ1) is 9.25. The minimum Gasteiger partial charge on any atom is -1.00 e. The van der Waals surface area contributed by atoms with Gasteiger partial charge in [0.15, 0.2) is 6.54 Å². The van der Waals surface area contributed by atoms with Crippen LogP contribution in [0.25, 0.3) is 0 Å². The van der Waals surface area contributed by atoms with Crippen molar-refractivity contribution in [2.45, 2.75) is 38.6 Å². The largest absolute Gasteiger partial charge is 1.00 e. The highest BCUT2D eigenvalue weighted by atomic mass is 35.5. The number of benzene rings is 1. The van der Waals surface area contributed by atoms with Gasteiger partial charge in [0.05, 0.1) is 13.1 Å². The zero-order valence-electron chi connectivity index (χ0n) is 12.1. The van der Waals surface area contributed by atoms with E-state index < -0.39 is 0 Å². The predicted octanol–water partition coefficient (Wildman–Crippen LogP) is -1.96. The van der Waals surface area contributed by atoms with Gasteiger partial charge < -0.3 is 22.2 Å². The van der Waals surface area contributed by atoms with Crippen LogP contribution >= 0.6 is 0 Å². The zero-order valence-corrected chi connectivity index (χ0v) is 12.8. The highest BCUT2D eigenvalue weighted by Crippen LogP contribution is 2.31. The molecule has 1 aromatic rings. The van der Waals surface area contributed by atoms with Crippen molar-refractivity contribution >= 4 is 11.6 Å². The van der Waals surface area contributed by atoms with Crippen molar-refractivity contribution in [3.05, 3.63) is 29.8 Å². The Labute approximate surface area is 127 Å². The van der Waals surface area contributed by atoms with Crippen molar-refractivity contribution < 1.29 is 22.1 Å². The first-order valence-electron chi connectivity index (χ1n) is 7.49. The second kappa shape index (κ2) is 6.59. The number of likely N-dealkylation sites (tertiary alicyclic amines) is 1. The summed E-state index contributed by atoms with van der Waals surface area (Å²) in [7, 11) is 0. The van der Waals surface area contributed by atoms with Gasteiger partial charge in [-0.1, -0.05) is 18.2 Å². The second-order valence-electron chi connectivity index (χ2n) is 5.93. The van der Waals surface area contributed by atoms with E-state index in [1.54, 1.807) is 0 Å². The lowest BCUT2D eigenvalue weighted by Gasteiger charge is -2.27. The highest BCUT2D eigenvalue weighted by molar-refractivity contribution is 5.96. The van der Waals surface area contributed by atoms with E-state index in [-0.39, 0.29) is 12.4 Å². The van der Waals surface area contributed by atoms with Crippen LogP contribution in [0.2, 0.25) is 0 Å². The number of piperidine rings is 1. The van der Waals surface area contributed by atoms with Gasteiger partial charge in [0.25, 0.3) is 5.91 Å². The van der Waals surface area contributed by atoms with Crippen molar-refractivity contribution in [3.8, 4) is 0 Å². The van der Waals surface area contributed by atoms with Crippen molar-refractivity contribution in [1.82, 2.24) is 0 Å². The van der Waals surface area contributed by atoms with Gasteiger partial charge in [0.1, 0.15) is 0 Å². The van der Waals surface area contributed by atoms with Gasteiger partial charge in [-0.2, -0.15) is 0 Å². The Hall–Kier alpha value is -1.06. The molecule has 2 aliphatic rings. The van der Waals surface area contributed by atoms with E-state index in [0.29, 0.717) is 18.5 Å². The quantitative estimate of drug-likeness (QED) is 0.673. The highest BCUT2D eigenvalue weighted by Gasteiger charge is 2.32. The lowest BCUT2D eigenvalue weighted by molar-refractivity contribution is -0.896. The number of nitrogens with one attached hydrogen (secondary N) is 1. The Morgan fingerprint density at radius 2 is 1.95 bits per heavy atom. The summed E-state index contributed by atoms with van der Waals surface area (Å²) in [5.74, 6) is 0.300. The standard InChI is InChI=1S/C16H22N2O.ClH/c1-13-11-14-7-3-4-8-15(14)18(13)16(19)12-17-9-5-2-6-10-17;/h3-4,7-8,13H,2,5-6,9-12H2,1H3;1H. The molecule has 1 unspecified atom stereocenters. The summed E-state index contributed by atoms with van der Waals surface area (Å²) >= 11 is 0. The lowest BCUT2D eigenvalue weighted by atomic mass is 10.1. The van der Waals surface area contributed by atoms with Crippen LogP contribution in [0.15, 0.2) is 24.3 Å². The van der Waals surface area contributed by atoms with Crippen molar-refractivity contribution in [2.75, 3.05) is 24.5 Å². The van der Waals surface area contributed by atoms with Gasteiger partial charge in [-0.25, -0.2) is 0 Å². The summed E-state index contributed by atoms with van der Waals surface area (Å²) in [6.45, 7) is 5.15. The van der Waals surface area contributed by atoms with Gasteiger partial charge in [-0.3, -0.25) is 4.79 Å². The number of fused-ring (bicyclic) bond motifs is 1. The molecule has 1 aromatic carbocycles. The van der Waals surface area contributed by atoms with E-state index in [9.17, 15) is 4.79 Å². The van der Waals surface area contributed by atoms with Crippen LogP contribution in [0, 0.1) is 0 Å². The number of anilines is 1. The molecule has 0 aliphatic carbocycles. The van der Waals surface area contributed by atoms with Crippen LogP contribution in [0.4, 0.5) is 5.69 Å². The fourth-order valence-electron chi connectivity index (χ4n) is 3.47. The topological polar surface area (TPSA) is 24.8 Å². The number of hydrogen-bond acceptors (Lipinski definition) is 1. The molecule has 2 aliphatic heterocycles. The number of amides is 1. The fourth-order valence-corrected chi connectivity index (χ4v) is 3.47. The molecule has 1 N–H and O–H groups in total. The van der Waals surface area contributed by atoms with E-state index in [2.05, 4.69) is 25.1 Å². The first kappa shape index (κ1) is 15.3.